The molecule has 6 nitrogen and oxygen atoms in total. The van der Waals surface area contributed by atoms with Gasteiger partial charge in [-0.05, 0) is 38.0 Å². The molecular weight excluding hydrogens is 414 g/mol. The summed E-state index contributed by atoms with van der Waals surface area (Å²) < 4.78 is 26.2. The highest BCUT2D eigenvalue weighted by atomic mass is 35.5. The van der Waals surface area contributed by atoms with Gasteiger partial charge in [-0.25, -0.2) is 8.78 Å². The van der Waals surface area contributed by atoms with Gasteiger partial charge in [0, 0.05) is 23.9 Å². The van der Waals surface area contributed by atoms with Gasteiger partial charge in [-0.2, -0.15) is 0 Å². The molecule has 30 heavy (non-hydrogen) atoms. The van der Waals surface area contributed by atoms with E-state index in [1.54, 1.807) is 19.2 Å². The van der Waals surface area contributed by atoms with Gasteiger partial charge in [0.25, 0.3) is 12.3 Å². The highest BCUT2D eigenvalue weighted by molar-refractivity contribution is 6.34. The van der Waals surface area contributed by atoms with Gasteiger partial charge < -0.3 is 10.2 Å². The molecule has 0 aliphatic heterocycles. The van der Waals surface area contributed by atoms with Gasteiger partial charge in [-0.3, -0.25) is 14.8 Å². The number of pyridine rings is 2. The first kappa shape index (κ1) is 21.7. The number of amides is 1. The first-order chi connectivity index (χ1) is 14.5. The van der Waals surface area contributed by atoms with Gasteiger partial charge in [-0.15, -0.1) is 0 Å². The molecule has 1 aliphatic rings. The maximum absolute atomic E-state index is 13.1. The zero-order valence-corrected chi connectivity index (χ0v) is 16.9. The Labute approximate surface area is 177 Å². The second kappa shape index (κ2) is 10.1. The summed E-state index contributed by atoms with van der Waals surface area (Å²) >= 11 is 6.34. The summed E-state index contributed by atoms with van der Waals surface area (Å²) in [6.07, 6.45) is 2.12. The van der Waals surface area contributed by atoms with Crippen LogP contribution in [0.25, 0.3) is 0 Å². The van der Waals surface area contributed by atoms with Crippen LogP contribution < -0.4 is 5.32 Å². The van der Waals surface area contributed by atoms with Gasteiger partial charge in [0.2, 0.25) is 0 Å². The molecule has 9 heteroatoms. The fourth-order valence-electron chi connectivity index (χ4n) is 2.48. The standard InChI is InChI=1S/C21H19ClF2N4O2/c1-2-30-28-17(12-27-21(29)15-4-3-9-25-18(15)20(23)24)19-16(22)10-14(11-26-19)8-7-13-5-6-13/h3-4,9-11,13,20H,2,5-6,12H2,1H3,(H,27,29). The van der Waals surface area contributed by atoms with E-state index in [-0.39, 0.29) is 24.4 Å². The molecule has 0 saturated heterocycles. The lowest BCUT2D eigenvalue weighted by Crippen LogP contribution is -2.31. The Morgan fingerprint density at radius 3 is 2.90 bits per heavy atom. The maximum atomic E-state index is 13.1. The van der Waals surface area contributed by atoms with Crippen LogP contribution in [0.3, 0.4) is 0 Å². The fourth-order valence-corrected chi connectivity index (χ4v) is 2.75. The van der Waals surface area contributed by atoms with Crippen molar-refractivity contribution in [2.24, 2.45) is 11.1 Å². The van der Waals surface area contributed by atoms with Crippen LogP contribution in [0.15, 0.2) is 35.7 Å². The lowest BCUT2D eigenvalue weighted by atomic mass is 10.1. The quantitative estimate of drug-likeness (QED) is 0.407. The minimum atomic E-state index is -2.87. The molecule has 2 aromatic rings. The van der Waals surface area contributed by atoms with Crippen LogP contribution in [0.1, 0.15) is 53.5 Å². The van der Waals surface area contributed by atoms with Gasteiger partial charge >= 0.3 is 0 Å². The summed E-state index contributed by atoms with van der Waals surface area (Å²) in [6, 6.07) is 4.36. The molecule has 3 rings (SSSR count). The van der Waals surface area contributed by atoms with Gasteiger partial charge in [-0.1, -0.05) is 28.6 Å². The SMILES string of the molecule is CCON=C(CNC(=O)c1cccnc1C(F)F)c1ncc(C#CC2CC2)cc1Cl. The molecule has 1 aliphatic carbocycles. The number of aromatic nitrogens is 2. The molecule has 2 heterocycles. The zero-order chi connectivity index (χ0) is 21.5. The molecule has 1 saturated carbocycles. The average Bonchev–Trinajstić information content (AvgIpc) is 3.57. The van der Waals surface area contributed by atoms with E-state index in [0.717, 1.165) is 12.8 Å². The lowest BCUT2D eigenvalue weighted by molar-refractivity contribution is 0.0942. The monoisotopic (exact) mass is 432 g/mol. The third-order valence-corrected chi connectivity index (χ3v) is 4.41. The second-order valence-electron chi connectivity index (χ2n) is 6.47. The van der Waals surface area contributed by atoms with Crippen molar-refractivity contribution < 1.29 is 18.4 Å². The van der Waals surface area contributed by atoms with Crippen molar-refractivity contribution in [3.05, 3.63) is 58.1 Å². The van der Waals surface area contributed by atoms with Crippen LogP contribution >= 0.6 is 11.6 Å². The van der Waals surface area contributed by atoms with E-state index >= 15 is 0 Å². The molecule has 1 N–H and O–H groups in total. The number of nitrogens with one attached hydrogen (secondary N) is 1. The molecule has 0 atom stereocenters. The second-order valence-corrected chi connectivity index (χ2v) is 6.88. The summed E-state index contributed by atoms with van der Waals surface area (Å²) in [4.78, 5) is 25.4. The van der Waals surface area contributed by atoms with Crippen LogP contribution in [0, 0.1) is 17.8 Å². The van der Waals surface area contributed by atoms with Crippen LogP contribution in [0.4, 0.5) is 8.78 Å². The van der Waals surface area contributed by atoms with Crippen LogP contribution in [-0.4, -0.2) is 34.7 Å². The Morgan fingerprint density at radius 1 is 1.43 bits per heavy atom. The molecule has 0 spiro atoms. The van der Waals surface area contributed by atoms with Crippen molar-refractivity contribution in [2.45, 2.75) is 26.2 Å². The molecule has 156 valence electrons. The number of carbonyl (C=O) groups excluding carboxylic acids is 1. The number of oxime groups is 1. The van der Waals surface area contributed by atoms with Gasteiger partial charge in [0.05, 0.1) is 17.1 Å². The van der Waals surface area contributed by atoms with Crippen molar-refractivity contribution in [3.8, 4) is 11.8 Å². The largest absolute Gasteiger partial charge is 0.396 e. The molecule has 0 bridgehead atoms. The molecule has 0 aromatic carbocycles. The molecule has 0 radical (unpaired) electrons. The normalized spacial score (nSPS) is 13.6. The lowest BCUT2D eigenvalue weighted by Gasteiger charge is -2.11. The van der Waals surface area contributed by atoms with E-state index in [2.05, 4.69) is 32.3 Å². The third-order valence-electron chi connectivity index (χ3n) is 4.12. The number of alkyl halides is 2. The first-order valence-corrected chi connectivity index (χ1v) is 9.75. The highest BCUT2D eigenvalue weighted by Crippen LogP contribution is 2.27. The summed E-state index contributed by atoms with van der Waals surface area (Å²) in [5, 5.41) is 6.80. The van der Waals surface area contributed by atoms with Crippen molar-refractivity contribution in [3.63, 3.8) is 0 Å². The van der Waals surface area contributed by atoms with E-state index in [4.69, 9.17) is 16.4 Å². The number of rotatable bonds is 7. The third kappa shape index (κ3) is 5.74. The van der Waals surface area contributed by atoms with Crippen molar-refractivity contribution in [2.75, 3.05) is 13.2 Å². The van der Waals surface area contributed by atoms with Crippen molar-refractivity contribution in [1.82, 2.24) is 15.3 Å². The van der Waals surface area contributed by atoms with Crippen molar-refractivity contribution in [1.29, 1.82) is 0 Å². The summed E-state index contributed by atoms with van der Waals surface area (Å²) in [5.41, 5.74) is 0.426. The first-order valence-electron chi connectivity index (χ1n) is 9.37. The Hall–Kier alpha value is -3.05. The Bertz CT molecular complexity index is 1010. The van der Waals surface area contributed by atoms with Crippen LogP contribution in [0.5, 0.6) is 0 Å². The van der Waals surface area contributed by atoms with E-state index in [1.165, 1.54) is 18.3 Å². The van der Waals surface area contributed by atoms with E-state index in [9.17, 15) is 13.6 Å². The predicted molar refractivity (Wildman–Crippen MR) is 109 cm³/mol. The smallest absolute Gasteiger partial charge is 0.281 e. The Kier molecular flexibility index (Phi) is 7.31. The van der Waals surface area contributed by atoms with Crippen molar-refractivity contribution >= 4 is 23.2 Å². The van der Waals surface area contributed by atoms with E-state index in [0.29, 0.717) is 22.2 Å². The number of nitrogens with zero attached hydrogens (tertiary/aromatic N) is 3. The fraction of sp³-hybridized carbons (Fsp3) is 0.333. The van der Waals surface area contributed by atoms with E-state index < -0.39 is 18.0 Å². The zero-order valence-electron chi connectivity index (χ0n) is 16.2. The minimum absolute atomic E-state index is 0.129. The number of carbonyl (C=O) groups is 1. The number of hydrogen-bond donors (Lipinski definition) is 1. The number of hydrogen-bond acceptors (Lipinski definition) is 5. The molecule has 1 amide bonds. The van der Waals surface area contributed by atoms with E-state index in [1.807, 2.05) is 0 Å². The topological polar surface area (TPSA) is 76.5 Å². The maximum Gasteiger partial charge on any atom is 0.281 e. The molecular formula is C21H19ClF2N4O2. The summed E-state index contributed by atoms with van der Waals surface area (Å²) in [5.74, 6) is 5.88. The summed E-state index contributed by atoms with van der Waals surface area (Å²) in [7, 11) is 0. The average molecular weight is 433 g/mol. The Morgan fingerprint density at radius 2 is 2.23 bits per heavy atom. The van der Waals surface area contributed by atoms with Gasteiger partial charge in [0.1, 0.15) is 23.7 Å². The van der Waals surface area contributed by atoms with Gasteiger partial charge in [0.15, 0.2) is 0 Å². The number of halogens is 3. The molecule has 0 unspecified atom stereocenters. The summed E-state index contributed by atoms with van der Waals surface area (Å²) in [6.45, 7) is 1.91. The highest BCUT2D eigenvalue weighted by Gasteiger charge is 2.21. The molecule has 1 fully saturated rings. The van der Waals surface area contributed by atoms with Crippen LogP contribution in [-0.2, 0) is 4.84 Å². The Balaban J connectivity index is 1.77. The van der Waals surface area contributed by atoms with Crippen LogP contribution in [0.2, 0.25) is 5.02 Å². The predicted octanol–water partition coefficient (Wildman–Crippen LogP) is 4.00. The minimum Gasteiger partial charge on any atom is -0.396 e. The molecule has 2 aromatic heterocycles.